The highest BCUT2D eigenvalue weighted by molar-refractivity contribution is 6.42. The molecule has 0 amide bonds. The van der Waals surface area contributed by atoms with E-state index in [0.29, 0.717) is 22.4 Å². The molecule has 0 atom stereocenters. The summed E-state index contributed by atoms with van der Waals surface area (Å²) in [6.45, 7) is 0.130. The standard InChI is InChI=1S/C18H15ClFNO4/c1-24-21-17(18(22)23)15-5-3-2-4-13(15)11-25-14-8-6-12(7-9-14)10-16(19)20/h2-10H,11H2,1H3,(H,22,23). The van der Waals surface area contributed by atoms with Gasteiger partial charge < -0.3 is 14.7 Å². The molecule has 0 saturated heterocycles. The maximum absolute atomic E-state index is 12.6. The minimum Gasteiger partial charge on any atom is -0.489 e. The maximum Gasteiger partial charge on any atom is 0.358 e. The SMILES string of the molecule is CON=C(C(=O)O)c1ccccc1COc1ccc(C=C(F)Cl)cc1. The fourth-order valence-electron chi connectivity index (χ4n) is 2.12. The van der Waals surface area contributed by atoms with E-state index in [1.165, 1.54) is 13.2 Å². The number of nitrogens with zero attached hydrogens (tertiary/aromatic N) is 1. The number of halogens is 2. The number of rotatable bonds is 7. The van der Waals surface area contributed by atoms with E-state index in [9.17, 15) is 14.3 Å². The second-order valence-electron chi connectivity index (χ2n) is 4.88. The quantitative estimate of drug-likeness (QED) is 0.591. The Hall–Kier alpha value is -2.86. The normalized spacial score (nSPS) is 12.0. The molecule has 0 radical (unpaired) electrons. The van der Waals surface area contributed by atoms with Crippen LogP contribution in [-0.4, -0.2) is 23.9 Å². The van der Waals surface area contributed by atoms with Crippen molar-refractivity contribution >= 4 is 29.4 Å². The number of hydrogen-bond donors (Lipinski definition) is 1. The van der Waals surface area contributed by atoms with Gasteiger partial charge in [-0.2, -0.15) is 4.39 Å². The number of aliphatic carboxylic acids is 1. The van der Waals surface area contributed by atoms with Crippen LogP contribution in [-0.2, 0) is 16.2 Å². The van der Waals surface area contributed by atoms with Gasteiger partial charge in [0.25, 0.3) is 0 Å². The van der Waals surface area contributed by atoms with Gasteiger partial charge in [-0.1, -0.05) is 53.2 Å². The van der Waals surface area contributed by atoms with E-state index in [1.54, 1.807) is 48.5 Å². The molecule has 0 unspecified atom stereocenters. The summed E-state index contributed by atoms with van der Waals surface area (Å²) < 4.78 is 18.3. The number of carbonyl (C=O) groups is 1. The Kier molecular flexibility index (Phi) is 6.54. The van der Waals surface area contributed by atoms with Gasteiger partial charge >= 0.3 is 5.97 Å². The third kappa shape index (κ3) is 5.32. The Morgan fingerprint density at radius 3 is 2.52 bits per heavy atom. The molecule has 130 valence electrons. The summed E-state index contributed by atoms with van der Waals surface area (Å²) in [4.78, 5) is 15.9. The lowest BCUT2D eigenvalue weighted by molar-refractivity contribution is -0.129. The second-order valence-corrected chi connectivity index (χ2v) is 5.24. The monoisotopic (exact) mass is 363 g/mol. The summed E-state index contributed by atoms with van der Waals surface area (Å²) in [5.74, 6) is -0.656. The van der Waals surface area contributed by atoms with E-state index < -0.39 is 11.3 Å². The lowest BCUT2D eigenvalue weighted by atomic mass is 10.0. The van der Waals surface area contributed by atoms with Crippen molar-refractivity contribution in [3.63, 3.8) is 0 Å². The van der Waals surface area contributed by atoms with Crippen LogP contribution in [0.25, 0.3) is 6.08 Å². The maximum atomic E-state index is 12.6. The Morgan fingerprint density at radius 2 is 1.92 bits per heavy atom. The molecular formula is C18H15ClFNO4. The fraction of sp³-hybridized carbons (Fsp3) is 0.111. The molecule has 25 heavy (non-hydrogen) atoms. The predicted octanol–water partition coefficient (Wildman–Crippen LogP) is 4.21. The van der Waals surface area contributed by atoms with Crippen molar-refractivity contribution in [3.05, 3.63) is 70.5 Å². The van der Waals surface area contributed by atoms with Gasteiger partial charge in [-0.3, -0.25) is 0 Å². The molecule has 0 fully saturated rings. The molecular weight excluding hydrogens is 349 g/mol. The van der Waals surface area contributed by atoms with Gasteiger partial charge in [-0.25, -0.2) is 4.79 Å². The topological polar surface area (TPSA) is 68.1 Å². The third-order valence-electron chi connectivity index (χ3n) is 3.21. The predicted molar refractivity (Wildman–Crippen MR) is 93.3 cm³/mol. The zero-order chi connectivity index (χ0) is 18.2. The number of carboxylic acids is 1. The lowest BCUT2D eigenvalue weighted by Crippen LogP contribution is -2.17. The van der Waals surface area contributed by atoms with Crippen LogP contribution in [0.5, 0.6) is 5.75 Å². The van der Waals surface area contributed by atoms with E-state index in [4.69, 9.17) is 16.3 Å². The van der Waals surface area contributed by atoms with Gasteiger partial charge in [0.2, 0.25) is 0 Å². The highest BCUT2D eigenvalue weighted by Crippen LogP contribution is 2.19. The summed E-state index contributed by atoms with van der Waals surface area (Å²) in [5.41, 5.74) is 1.43. The molecule has 1 N–H and O–H groups in total. The van der Waals surface area contributed by atoms with Crippen LogP contribution in [0.2, 0.25) is 0 Å². The van der Waals surface area contributed by atoms with Crippen LogP contribution in [0.15, 0.2) is 59.0 Å². The van der Waals surface area contributed by atoms with Crippen LogP contribution >= 0.6 is 11.6 Å². The molecule has 0 aliphatic carbocycles. The van der Waals surface area contributed by atoms with Crippen molar-refractivity contribution in [3.8, 4) is 5.75 Å². The molecule has 2 aromatic carbocycles. The number of carboxylic acid groups (broad SMARTS) is 1. The van der Waals surface area contributed by atoms with Gasteiger partial charge in [0.15, 0.2) is 11.0 Å². The summed E-state index contributed by atoms with van der Waals surface area (Å²) in [6.07, 6.45) is 1.18. The molecule has 7 heteroatoms. The van der Waals surface area contributed by atoms with Crippen molar-refractivity contribution in [1.82, 2.24) is 0 Å². The van der Waals surface area contributed by atoms with Crippen LogP contribution in [0.3, 0.4) is 0 Å². The average molecular weight is 364 g/mol. The number of ether oxygens (including phenoxy) is 1. The smallest absolute Gasteiger partial charge is 0.358 e. The van der Waals surface area contributed by atoms with Crippen LogP contribution < -0.4 is 4.74 Å². The molecule has 0 spiro atoms. The largest absolute Gasteiger partial charge is 0.489 e. The van der Waals surface area contributed by atoms with Crippen molar-refractivity contribution in [1.29, 1.82) is 0 Å². The van der Waals surface area contributed by atoms with Gasteiger partial charge in [0.1, 0.15) is 19.5 Å². The zero-order valence-electron chi connectivity index (χ0n) is 13.3. The highest BCUT2D eigenvalue weighted by Gasteiger charge is 2.17. The molecule has 0 aliphatic heterocycles. The fourth-order valence-corrected chi connectivity index (χ4v) is 2.25. The van der Waals surface area contributed by atoms with Crippen LogP contribution in [0.1, 0.15) is 16.7 Å². The Labute approximate surface area is 148 Å². The van der Waals surface area contributed by atoms with Crippen molar-refractivity contribution in [2.75, 3.05) is 7.11 Å². The molecule has 0 aromatic heterocycles. The molecule has 0 bridgehead atoms. The summed E-state index contributed by atoms with van der Waals surface area (Å²) in [5, 5.41) is 12.0. The van der Waals surface area contributed by atoms with E-state index >= 15 is 0 Å². The minimum absolute atomic E-state index is 0.130. The Balaban J connectivity index is 2.17. The summed E-state index contributed by atoms with van der Waals surface area (Å²) >= 11 is 5.19. The lowest BCUT2D eigenvalue weighted by Gasteiger charge is -2.11. The molecule has 2 rings (SSSR count). The first-order valence-electron chi connectivity index (χ1n) is 7.19. The molecule has 0 aliphatic rings. The molecule has 0 saturated carbocycles. The van der Waals surface area contributed by atoms with Gasteiger partial charge in [0.05, 0.1) is 0 Å². The Morgan fingerprint density at radius 1 is 1.24 bits per heavy atom. The highest BCUT2D eigenvalue weighted by atomic mass is 35.5. The van der Waals surface area contributed by atoms with Crippen LogP contribution in [0.4, 0.5) is 4.39 Å². The van der Waals surface area contributed by atoms with Crippen LogP contribution in [0, 0.1) is 0 Å². The molecule has 5 nitrogen and oxygen atoms in total. The molecule has 2 aromatic rings. The van der Waals surface area contributed by atoms with Crippen molar-refractivity contribution < 1.29 is 23.9 Å². The van der Waals surface area contributed by atoms with E-state index in [0.717, 1.165) is 0 Å². The number of benzene rings is 2. The second kappa shape index (κ2) is 8.84. The third-order valence-corrected chi connectivity index (χ3v) is 3.32. The first-order chi connectivity index (χ1) is 12.0. The summed E-state index contributed by atoms with van der Waals surface area (Å²) in [6, 6.07) is 13.5. The summed E-state index contributed by atoms with van der Waals surface area (Å²) in [7, 11) is 1.28. The molecule has 0 heterocycles. The number of hydrogen-bond acceptors (Lipinski definition) is 4. The average Bonchev–Trinajstić information content (AvgIpc) is 2.59. The van der Waals surface area contributed by atoms with E-state index in [-0.39, 0.29) is 12.3 Å². The van der Waals surface area contributed by atoms with E-state index in [1.807, 2.05) is 0 Å². The number of oxime groups is 1. The zero-order valence-corrected chi connectivity index (χ0v) is 14.0. The van der Waals surface area contributed by atoms with Crippen molar-refractivity contribution in [2.45, 2.75) is 6.61 Å². The minimum atomic E-state index is -1.20. The Bertz CT molecular complexity index is 799. The first-order valence-corrected chi connectivity index (χ1v) is 7.57. The van der Waals surface area contributed by atoms with Crippen molar-refractivity contribution in [2.24, 2.45) is 5.16 Å². The van der Waals surface area contributed by atoms with Gasteiger partial charge in [0, 0.05) is 5.56 Å². The van der Waals surface area contributed by atoms with Gasteiger partial charge in [-0.05, 0) is 29.3 Å². The van der Waals surface area contributed by atoms with Gasteiger partial charge in [-0.15, -0.1) is 0 Å². The first kappa shape index (κ1) is 18.5. The van der Waals surface area contributed by atoms with E-state index in [2.05, 4.69) is 9.99 Å².